The zero-order valence-corrected chi connectivity index (χ0v) is 17.4. The second-order valence-electron chi connectivity index (χ2n) is 7.94. The van der Waals surface area contributed by atoms with Gasteiger partial charge in [-0.05, 0) is 80.6 Å². The van der Waals surface area contributed by atoms with Crippen molar-refractivity contribution < 1.29 is 17.6 Å². The van der Waals surface area contributed by atoms with Crippen LogP contribution in [0.4, 0.5) is 17.6 Å². The van der Waals surface area contributed by atoms with Crippen LogP contribution in [0.1, 0.15) is 5.56 Å². The molecule has 0 N–H and O–H groups in total. The summed E-state index contributed by atoms with van der Waals surface area (Å²) in [6.45, 7) is 0. The highest BCUT2D eigenvalue weighted by atomic mass is 19.4. The maximum absolute atomic E-state index is 13.3. The van der Waals surface area contributed by atoms with E-state index in [4.69, 9.17) is 0 Å². The van der Waals surface area contributed by atoms with Gasteiger partial charge in [0.15, 0.2) is 0 Å². The van der Waals surface area contributed by atoms with E-state index in [1.165, 1.54) is 24.3 Å². The van der Waals surface area contributed by atoms with E-state index in [9.17, 15) is 17.6 Å². The number of hydrogen-bond donors (Lipinski definition) is 0. The molecular weight excluding hydrogens is 424 g/mol. The first-order valence-electron chi connectivity index (χ1n) is 10.4. The Labute approximate surface area is 188 Å². The summed E-state index contributed by atoms with van der Waals surface area (Å²) in [4.78, 5) is 0. The zero-order chi connectivity index (χ0) is 23.0. The fourth-order valence-electron chi connectivity index (χ4n) is 3.95. The first-order valence-corrected chi connectivity index (χ1v) is 10.4. The molecule has 0 saturated carbocycles. The van der Waals surface area contributed by atoms with Crippen LogP contribution >= 0.6 is 0 Å². The molecule has 0 aliphatic carbocycles. The van der Waals surface area contributed by atoms with Crippen molar-refractivity contribution >= 4 is 10.8 Å². The highest BCUT2D eigenvalue weighted by molar-refractivity contribution is 5.91. The summed E-state index contributed by atoms with van der Waals surface area (Å²) >= 11 is 0. The van der Waals surface area contributed by atoms with Crippen LogP contribution in [-0.4, -0.2) is 0 Å². The molecular formula is C29H18F4. The quantitative estimate of drug-likeness (QED) is 0.245. The highest BCUT2D eigenvalue weighted by Gasteiger charge is 2.29. The van der Waals surface area contributed by atoms with Gasteiger partial charge in [-0.3, -0.25) is 0 Å². The van der Waals surface area contributed by atoms with Gasteiger partial charge in [0.2, 0.25) is 0 Å². The Bertz CT molecular complexity index is 1410. The predicted octanol–water partition coefficient (Wildman–Crippen LogP) is 9.00. The Kier molecular flexibility index (Phi) is 5.21. The number of halogens is 4. The highest BCUT2D eigenvalue weighted by Crippen LogP contribution is 2.33. The van der Waals surface area contributed by atoms with Gasteiger partial charge in [0, 0.05) is 0 Å². The van der Waals surface area contributed by atoms with E-state index >= 15 is 0 Å². The second-order valence-corrected chi connectivity index (χ2v) is 7.94. The zero-order valence-electron chi connectivity index (χ0n) is 17.4. The Morgan fingerprint density at radius 2 is 0.758 bits per heavy atom. The van der Waals surface area contributed by atoms with Gasteiger partial charge in [-0.1, -0.05) is 72.8 Å². The lowest BCUT2D eigenvalue weighted by molar-refractivity contribution is -0.137. The van der Waals surface area contributed by atoms with Crippen molar-refractivity contribution in [2.45, 2.75) is 6.18 Å². The molecule has 0 radical (unpaired) electrons. The lowest BCUT2D eigenvalue weighted by Gasteiger charge is -2.09. The van der Waals surface area contributed by atoms with E-state index in [1.54, 1.807) is 12.1 Å². The minimum absolute atomic E-state index is 0.262. The van der Waals surface area contributed by atoms with Gasteiger partial charge in [0.05, 0.1) is 5.56 Å². The van der Waals surface area contributed by atoms with Crippen LogP contribution < -0.4 is 0 Å². The molecule has 0 aromatic heterocycles. The van der Waals surface area contributed by atoms with Crippen molar-refractivity contribution in [3.63, 3.8) is 0 Å². The number of benzene rings is 5. The van der Waals surface area contributed by atoms with Crippen LogP contribution in [0.3, 0.4) is 0 Å². The molecule has 0 heterocycles. The maximum Gasteiger partial charge on any atom is 0.416 e. The van der Waals surface area contributed by atoms with E-state index in [0.29, 0.717) is 0 Å². The normalized spacial score (nSPS) is 11.6. The maximum atomic E-state index is 13.3. The van der Waals surface area contributed by atoms with Crippen LogP contribution in [0.2, 0.25) is 0 Å². The number of alkyl halides is 3. The predicted molar refractivity (Wildman–Crippen MR) is 125 cm³/mol. The van der Waals surface area contributed by atoms with Crippen molar-refractivity contribution in [1.82, 2.24) is 0 Å². The van der Waals surface area contributed by atoms with Crippen molar-refractivity contribution in [3.8, 4) is 33.4 Å². The molecule has 0 aliphatic heterocycles. The summed E-state index contributed by atoms with van der Waals surface area (Å²) in [5.74, 6) is -0.262. The molecule has 33 heavy (non-hydrogen) atoms. The first kappa shape index (κ1) is 21.0. The van der Waals surface area contributed by atoms with Crippen molar-refractivity contribution in [2.75, 3.05) is 0 Å². The largest absolute Gasteiger partial charge is 0.416 e. The molecule has 0 saturated heterocycles. The molecule has 5 rings (SSSR count). The fourth-order valence-corrected chi connectivity index (χ4v) is 3.95. The molecule has 0 bridgehead atoms. The third-order valence-corrected chi connectivity index (χ3v) is 5.78. The van der Waals surface area contributed by atoms with Gasteiger partial charge in [-0.25, -0.2) is 4.39 Å². The van der Waals surface area contributed by atoms with Crippen molar-refractivity contribution in [3.05, 3.63) is 121 Å². The second kappa shape index (κ2) is 8.21. The third kappa shape index (κ3) is 4.37. The molecule has 4 heteroatoms. The molecule has 0 nitrogen and oxygen atoms in total. The topological polar surface area (TPSA) is 0 Å². The summed E-state index contributed by atoms with van der Waals surface area (Å²) in [6, 6.07) is 31.8. The van der Waals surface area contributed by atoms with Crippen LogP contribution in [-0.2, 0) is 6.18 Å². The summed E-state index contributed by atoms with van der Waals surface area (Å²) in [7, 11) is 0. The van der Waals surface area contributed by atoms with Gasteiger partial charge in [0.25, 0.3) is 0 Å². The smallest absolute Gasteiger partial charge is 0.207 e. The fraction of sp³-hybridized carbons (Fsp3) is 0.0345. The van der Waals surface area contributed by atoms with Crippen LogP contribution in [0.5, 0.6) is 0 Å². The molecule has 0 amide bonds. The van der Waals surface area contributed by atoms with Gasteiger partial charge >= 0.3 is 6.18 Å². The molecule has 0 spiro atoms. The minimum Gasteiger partial charge on any atom is -0.207 e. The molecule has 5 aromatic carbocycles. The van der Waals surface area contributed by atoms with Gasteiger partial charge in [0.1, 0.15) is 5.82 Å². The Balaban J connectivity index is 1.44. The van der Waals surface area contributed by atoms with Crippen LogP contribution in [0, 0.1) is 5.82 Å². The van der Waals surface area contributed by atoms with Gasteiger partial charge < -0.3 is 0 Å². The number of fused-ring (bicyclic) bond motifs is 1. The molecule has 0 atom stereocenters. The first-order chi connectivity index (χ1) is 15.9. The van der Waals surface area contributed by atoms with Gasteiger partial charge in [-0.2, -0.15) is 13.2 Å². The molecule has 0 unspecified atom stereocenters. The van der Waals surface area contributed by atoms with Crippen LogP contribution in [0.25, 0.3) is 44.2 Å². The standard InChI is InChI=1S/C29H18F4/c30-28-15-11-22(12-16-28)25-8-6-23-5-7-24(17-26(23)18-25)21-3-1-19(2-4-21)20-9-13-27(14-10-20)29(31,32)33/h1-18H. The summed E-state index contributed by atoms with van der Waals surface area (Å²) in [6.07, 6.45) is -4.34. The van der Waals surface area contributed by atoms with E-state index in [0.717, 1.165) is 56.3 Å². The summed E-state index contributed by atoms with van der Waals surface area (Å²) in [5, 5.41) is 2.17. The Morgan fingerprint density at radius 1 is 0.394 bits per heavy atom. The Morgan fingerprint density at radius 3 is 1.21 bits per heavy atom. The van der Waals surface area contributed by atoms with Crippen molar-refractivity contribution in [1.29, 1.82) is 0 Å². The van der Waals surface area contributed by atoms with Gasteiger partial charge in [-0.15, -0.1) is 0 Å². The number of rotatable bonds is 3. The molecule has 0 aliphatic rings. The van der Waals surface area contributed by atoms with E-state index in [-0.39, 0.29) is 5.82 Å². The average molecular weight is 442 g/mol. The van der Waals surface area contributed by atoms with E-state index in [2.05, 4.69) is 18.2 Å². The van der Waals surface area contributed by atoms with E-state index < -0.39 is 11.7 Å². The Hall–Kier alpha value is -3.92. The van der Waals surface area contributed by atoms with Crippen molar-refractivity contribution in [2.24, 2.45) is 0 Å². The minimum atomic E-state index is -4.34. The third-order valence-electron chi connectivity index (χ3n) is 5.78. The molecule has 5 aromatic rings. The summed E-state index contributed by atoms with van der Waals surface area (Å²) in [5.41, 5.74) is 4.95. The summed E-state index contributed by atoms with van der Waals surface area (Å²) < 4.78 is 51.6. The number of hydrogen-bond acceptors (Lipinski definition) is 0. The SMILES string of the molecule is Fc1ccc(-c2ccc3ccc(-c4ccc(-c5ccc(C(F)(F)F)cc5)cc4)cc3c2)cc1. The van der Waals surface area contributed by atoms with E-state index in [1.807, 2.05) is 42.5 Å². The molecule has 162 valence electrons. The lowest BCUT2D eigenvalue weighted by atomic mass is 9.96. The molecule has 0 fully saturated rings. The monoisotopic (exact) mass is 442 g/mol. The lowest BCUT2D eigenvalue weighted by Crippen LogP contribution is -2.03. The van der Waals surface area contributed by atoms with Crippen LogP contribution in [0.15, 0.2) is 109 Å². The average Bonchev–Trinajstić information content (AvgIpc) is 2.83.